The van der Waals surface area contributed by atoms with Crippen LogP contribution in [0.4, 0.5) is 10.5 Å². The van der Waals surface area contributed by atoms with E-state index in [9.17, 15) is 4.79 Å². The predicted molar refractivity (Wildman–Crippen MR) is 90.4 cm³/mol. The topological polar surface area (TPSA) is 41.6 Å². The van der Waals surface area contributed by atoms with Crippen LogP contribution in [0.2, 0.25) is 0 Å². The summed E-state index contributed by atoms with van der Waals surface area (Å²) in [6.07, 6.45) is 1.87. The van der Waals surface area contributed by atoms with Crippen LogP contribution in [0.15, 0.2) is 18.2 Å². The quantitative estimate of drug-likeness (QED) is 0.913. The molecule has 0 bridgehead atoms. The van der Waals surface area contributed by atoms with Crippen LogP contribution in [-0.2, 0) is 4.74 Å². The average molecular weight is 304 g/mol. The molecule has 1 atom stereocenters. The fourth-order valence-corrected chi connectivity index (χ4v) is 2.76. The second kappa shape index (κ2) is 6.59. The van der Waals surface area contributed by atoms with E-state index < -0.39 is 5.60 Å². The number of aryl methyl sites for hydroxylation is 2. The van der Waals surface area contributed by atoms with Crippen molar-refractivity contribution in [3.8, 4) is 0 Å². The summed E-state index contributed by atoms with van der Waals surface area (Å²) in [6, 6.07) is 6.60. The molecule has 0 aromatic heterocycles. The second-order valence-electron chi connectivity index (χ2n) is 7.17. The van der Waals surface area contributed by atoms with Crippen molar-refractivity contribution in [2.24, 2.45) is 0 Å². The molecule has 1 unspecified atom stereocenters. The van der Waals surface area contributed by atoms with Crippen LogP contribution < -0.4 is 5.32 Å². The van der Waals surface area contributed by atoms with Crippen LogP contribution in [0, 0.1) is 13.8 Å². The summed E-state index contributed by atoms with van der Waals surface area (Å²) in [5.41, 5.74) is 3.18. The Labute approximate surface area is 133 Å². The smallest absolute Gasteiger partial charge is 0.410 e. The zero-order chi connectivity index (χ0) is 16.3. The standard InChI is InChI=1S/C18H28N2O2/c1-13-8-9-14(2)16(11-13)19-12-15-7-6-10-20(15)17(21)22-18(3,4)5/h8-9,11,15,19H,6-7,10,12H2,1-5H3. The number of nitrogens with one attached hydrogen (secondary N) is 1. The summed E-state index contributed by atoms with van der Waals surface area (Å²) < 4.78 is 5.51. The van der Waals surface area contributed by atoms with Crippen LogP contribution in [-0.4, -0.2) is 35.7 Å². The first kappa shape index (κ1) is 16.7. The van der Waals surface area contributed by atoms with Crippen molar-refractivity contribution < 1.29 is 9.53 Å². The molecule has 2 rings (SSSR count). The monoisotopic (exact) mass is 304 g/mol. The SMILES string of the molecule is Cc1ccc(C)c(NCC2CCCN2C(=O)OC(C)(C)C)c1. The maximum Gasteiger partial charge on any atom is 0.410 e. The summed E-state index contributed by atoms with van der Waals surface area (Å²) in [5.74, 6) is 0. The molecular weight excluding hydrogens is 276 g/mol. The lowest BCUT2D eigenvalue weighted by Crippen LogP contribution is -2.42. The number of likely N-dealkylation sites (tertiary alicyclic amines) is 1. The summed E-state index contributed by atoms with van der Waals surface area (Å²) in [4.78, 5) is 14.1. The average Bonchev–Trinajstić information content (AvgIpc) is 2.86. The molecule has 1 aliphatic heterocycles. The Morgan fingerprint density at radius 1 is 1.36 bits per heavy atom. The zero-order valence-corrected chi connectivity index (χ0v) is 14.4. The highest BCUT2D eigenvalue weighted by Crippen LogP contribution is 2.22. The predicted octanol–water partition coefficient (Wildman–Crippen LogP) is 4.11. The van der Waals surface area contributed by atoms with E-state index in [0.717, 1.165) is 31.6 Å². The fourth-order valence-electron chi connectivity index (χ4n) is 2.76. The lowest BCUT2D eigenvalue weighted by molar-refractivity contribution is 0.0235. The Morgan fingerprint density at radius 3 is 2.77 bits per heavy atom. The highest BCUT2D eigenvalue weighted by molar-refractivity contribution is 5.69. The highest BCUT2D eigenvalue weighted by atomic mass is 16.6. The maximum atomic E-state index is 12.3. The number of hydrogen-bond donors (Lipinski definition) is 1. The largest absolute Gasteiger partial charge is 0.444 e. The Kier molecular flexibility index (Phi) is 4.99. The minimum absolute atomic E-state index is 0.197. The minimum atomic E-state index is -0.440. The fraction of sp³-hybridized carbons (Fsp3) is 0.611. The van der Waals surface area contributed by atoms with Gasteiger partial charge in [0.05, 0.1) is 6.04 Å². The van der Waals surface area contributed by atoms with Crippen molar-refractivity contribution in [1.82, 2.24) is 4.90 Å². The van der Waals surface area contributed by atoms with Crippen molar-refractivity contribution >= 4 is 11.8 Å². The molecule has 1 saturated heterocycles. The normalized spacial score (nSPS) is 18.4. The van der Waals surface area contributed by atoms with Crippen LogP contribution in [0.25, 0.3) is 0 Å². The van der Waals surface area contributed by atoms with Gasteiger partial charge in [-0.2, -0.15) is 0 Å². The Balaban J connectivity index is 1.97. The van der Waals surface area contributed by atoms with Gasteiger partial charge in [-0.15, -0.1) is 0 Å². The number of rotatable bonds is 3. The van der Waals surface area contributed by atoms with Crippen molar-refractivity contribution in [3.05, 3.63) is 29.3 Å². The van der Waals surface area contributed by atoms with Gasteiger partial charge in [0.25, 0.3) is 0 Å². The molecular formula is C18H28N2O2. The number of ether oxygens (including phenoxy) is 1. The first-order chi connectivity index (χ1) is 10.3. The van der Waals surface area contributed by atoms with E-state index in [1.165, 1.54) is 11.1 Å². The number of anilines is 1. The van der Waals surface area contributed by atoms with Gasteiger partial charge in [0, 0.05) is 18.8 Å². The van der Waals surface area contributed by atoms with Crippen molar-refractivity contribution in [1.29, 1.82) is 0 Å². The van der Waals surface area contributed by atoms with Crippen molar-refractivity contribution in [2.45, 2.75) is 59.1 Å². The number of hydrogen-bond acceptors (Lipinski definition) is 3. The molecule has 0 saturated carbocycles. The van der Waals surface area contributed by atoms with E-state index in [0.29, 0.717) is 0 Å². The third kappa shape index (κ3) is 4.39. The summed E-state index contributed by atoms with van der Waals surface area (Å²) in [6.45, 7) is 11.5. The summed E-state index contributed by atoms with van der Waals surface area (Å²) in [7, 11) is 0. The summed E-state index contributed by atoms with van der Waals surface area (Å²) in [5, 5.41) is 3.49. The van der Waals surface area contributed by atoms with E-state index >= 15 is 0 Å². The van der Waals surface area contributed by atoms with Gasteiger partial charge in [-0.25, -0.2) is 4.79 Å². The Morgan fingerprint density at radius 2 is 2.09 bits per heavy atom. The van der Waals surface area contributed by atoms with E-state index in [-0.39, 0.29) is 12.1 Å². The molecule has 1 N–H and O–H groups in total. The number of nitrogens with zero attached hydrogens (tertiary/aromatic N) is 1. The van der Waals surface area contributed by atoms with Crippen LogP contribution in [0.1, 0.15) is 44.7 Å². The molecule has 22 heavy (non-hydrogen) atoms. The number of benzene rings is 1. The van der Waals surface area contributed by atoms with Gasteiger partial charge >= 0.3 is 6.09 Å². The number of amides is 1. The van der Waals surface area contributed by atoms with E-state index in [2.05, 4.69) is 37.4 Å². The molecule has 1 aromatic rings. The molecule has 122 valence electrons. The van der Waals surface area contributed by atoms with E-state index in [4.69, 9.17) is 4.74 Å². The Hall–Kier alpha value is -1.71. The van der Waals surface area contributed by atoms with Gasteiger partial charge in [-0.05, 0) is 64.7 Å². The van der Waals surface area contributed by atoms with Crippen LogP contribution in [0.3, 0.4) is 0 Å². The molecule has 1 amide bonds. The molecule has 4 heteroatoms. The first-order valence-corrected chi connectivity index (χ1v) is 8.07. The maximum absolute atomic E-state index is 12.3. The third-order valence-electron chi connectivity index (χ3n) is 3.93. The molecule has 0 spiro atoms. The van der Waals surface area contributed by atoms with Gasteiger partial charge in [0.1, 0.15) is 5.60 Å². The lowest BCUT2D eigenvalue weighted by atomic mass is 10.1. The lowest BCUT2D eigenvalue weighted by Gasteiger charge is -2.29. The molecule has 1 aromatic carbocycles. The second-order valence-corrected chi connectivity index (χ2v) is 7.17. The minimum Gasteiger partial charge on any atom is -0.444 e. The molecule has 1 fully saturated rings. The van der Waals surface area contributed by atoms with Crippen molar-refractivity contribution in [3.63, 3.8) is 0 Å². The zero-order valence-electron chi connectivity index (χ0n) is 14.4. The molecule has 0 radical (unpaired) electrons. The first-order valence-electron chi connectivity index (χ1n) is 8.07. The van der Waals surface area contributed by atoms with Gasteiger partial charge in [0.2, 0.25) is 0 Å². The Bertz CT molecular complexity index is 534. The van der Waals surface area contributed by atoms with E-state index in [1.54, 1.807) is 0 Å². The molecule has 1 heterocycles. The summed E-state index contributed by atoms with van der Waals surface area (Å²) >= 11 is 0. The van der Waals surface area contributed by atoms with Crippen LogP contribution in [0.5, 0.6) is 0 Å². The van der Waals surface area contributed by atoms with Gasteiger partial charge in [0.15, 0.2) is 0 Å². The third-order valence-corrected chi connectivity index (χ3v) is 3.93. The van der Waals surface area contributed by atoms with E-state index in [1.807, 2.05) is 25.7 Å². The number of carbonyl (C=O) groups is 1. The highest BCUT2D eigenvalue weighted by Gasteiger charge is 2.31. The van der Waals surface area contributed by atoms with Crippen LogP contribution >= 0.6 is 0 Å². The van der Waals surface area contributed by atoms with Gasteiger partial charge < -0.3 is 15.0 Å². The van der Waals surface area contributed by atoms with Gasteiger partial charge in [-0.3, -0.25) is 0 Å². The molecule has 4 nitrogen and oxygen atoms in total. The molecule has 1 aliphatic rings. The number of carbonyl (C=O) groups excluding carboxylic acids is 1. The van der Waals surface area contributed by atoms with Gasteiger partial charge in [-0.1, -0.05) is 12.1 Å². The van der Waals surface area contributed by atoms with Crippen molar-refractivity contribution in [2.75, 3.05) is 18.4 Å². The molecule has 0 aliphatic carbocycles.